The molecule has 3 aromatic rings. The summed E-state index contributed by atoms with van der Waals surface area (Å²) in [4.78, 5) is 8.58. The first-order valence-corrected chi connectivity index (χ1v) is 5.06. The normalized spacial score (nSPS) is 10.8. The standard InChI is InChI=1S/C12H10N4/c1-9-4-5-12(14-7-9)16-11-3-2-6-13-10(11)8-15-16/h2-8H,1H3. The van der Waals surface area contributed by atoms with Crippen LogP contribution < -0.4 is 0 Å². The molecule has 0 aliphatic heterocycles. The molecule has 0 bridgehead atoms. The SMILES string of the molecule is Cc1ccc(-n2ncc3ncccc32)nc1. The van der Waals surface area contributed by atoms with Crippen molar-refractivity contribution in [3.8, 4) is 5.82 Å². The van der Waals surface area contributed by atoms with Gasteiger partial charge in [0.1, 0.15) is 5.52 Å². The van der Waals surface area contributed by atoms with E-state index in [2.05, 4.69) is 15.1 Å². The highest BCUT2D eigenvalue weighted by molar-refractivity contribution is 5.75. The third-order valence-corrected chi connectivity index (χ3v) is 2.45. The van der Waals surface area contributed by atoms with Crippen molar-refractivity contribution in [2.75, 3.05) is 0 Å². The van der Waals surface area contributed by atoms with E-state index >= 15 is 0 Å². The highest BCUT2D eigenvalue weighted by atomic mass is 15.3. The lowest BCUT2D eigenvalue weighted by Crippen LogP contribution is -1.98. The molecule has 0 unspecified atom stereocenters. The third kappa shape index (κ3) is 1.35. The number of nitrogens with zero attached hydrogens (tertiary/aromatic N) is 4. The molecule has 0 saturated carbocycles. The molecule has 0 amide bonds. The summed E-state index contributed by atoms with van der Waals surface area (Å²) < 4.78 is 1.79. The molecule has 0 atom stereocenters. The van der Waals surface area contributed by atoms with Crippen molar-refractivity contribution in [1.29, 1.82) is 0 Å². The Labute approximate surface area is 92.6 Å². The van der Waals surface area contributed by atoms with E-state index in [1.54, 1.807) is 17.1 Å². The fourth-order valence-electron chi connectivity index (χ4n) is 1.63. The van der Waals surface area contributed by atoms with Crippen LogP contribution >= 0.6 is 0 Å². The van der Waals surface area contributed by atoms with Crippen LogP contribution in [0.15, 0.2) is 42.9 Å². The molecular weight excluding hydrogens is 200 g/mol. The van der Waals surface area contributed by atoms with Crippen LogP contribution in [0.25, 0.3) is 16.9 Å². The maximum absolute atomic E-state index is 4.34. The van der Waals surface area contributed by atoms with Gasteiger partial charge in [-0.1, -0.05) is 6.07 Å². The molecule has 78 valence electrons. The summed E-state index contributed by atoms with van der Waals surface area (Å²) in [5.74, 6) is 0.814. The summed E-state index contributed by atoms with van der Waals surface area (Å²) in [7, 11) is 0. The molecule has 0 saturated heterocycles. The predicted octanol–water partition coefficient (Wildman–Crippen LogP) is 2.12. The Bertz CT molecular complexity index is 625. The van der Waals surface area contributed by atoms with Gasteiger partial charge in [0.25, 0.3) is 0 Å². The van der Waals surface area contributed by atoms with Gasteiger partial charge in [0, 0.05) is 12.4 Å². The molecule has 4 nitrogen and oxygen atoms in total. The molecule has 4 heteroatoms. The second kappa shape index (κ2) is 3.41. The molecule has 3 heterocycles. The minimum Gasteiger partial charge on any atom is -0.253 e. The fourth-order valence-corrected chi connectivity index (χ4v) is 1.63. The Morgan fingerprint density at radius 2 is 2.00 bits per heavy atom. The average Bonchev–Trinajstić information content (AvgIpc) is 2.74. The van der Waals surface area contributed by atoms with Crippen molar-refractivity contribution in [2.24, 2.45) is 0 Å². The first-order chi connectivity index (χ1) is 7.84. The van der Waals surface area contributed by atoms with E-state index in [9.17, 15) is 0 Å². The van der Waals surface area contributed by atoms with Gasteiger partial charge in [-0.15, -0.1) is 0 Å². The van der Waals surface area contributed by atoms with E-state index in [0.717, 1.165) is 22.4 Å². The summed E-state index contributed by atoms with van der Waals surface area (Å²) >= 11 is 0. The monoisotopic (exact) mass is 210 g/mol. The maximum Gasteiger partial charge on any atom is 0.154 e. The van der Waals surface area contributed by atoms with Crippen LogP contribution in [-0.4, -0.2) is 19.7 Å². The first kappa shape index (κ1) is 9.03. The third-order valence-electron chi connectivity index (χ3n) is 2.45. The van der Waals surface area contributed by atoms with E-state index in [1.165, 1.54) is 0 Å². The molecule has 0 aliphatic carbocycles. The highest BCUT2D eigenvalue weighted by Gasteiger charge is 2.05. The van der Waals surface area contributed by atoms with Gasteiger partial charge in [-0.3, -0.25) is 4.98 Å². The van der Waals surface area contributed by atoms with Gasteiger partial charge in [-0.25, -0.2) is 9.67 Å². The van der Waals surface area contributed by atoms with Crippen LogP contribution in [0.3, 0.4) is 0 Å². The zero-order chi connectivity index (χ0) is 11.0. The lowest BCUT2D eigenvalue weighted by Gasteiger charge is -2.01. The molecule has 0 spiro atoms. The number of aryl methyl sites for hydroxylation is 1. The summed E-state index contributed by atoms with van der Waals surface area (Å²) in [5, 5.41) is 4.29. The van der Waals surface area contributed by atoms with Gasteiger partial charge in [-0.05, 0) is 30.7 Å². The second-order valence-corrected chi connectivity index (χ2v) is 3.66. The molecule has 0 N–H and O–H groups in total. The maximum atomic E-state index is 4.34. The van der Waals surface area contributed by atoms with Crippen molar-refractivity contribution in [3.63, 3.8) is 0 Å². The molecule has 3 rings (SSSR count). The van der Waals surface area contributed by atoms with Crippen LogP contribution in [0.1, 0.15) is 5.56 Å². The lowest BCUT2D eigenvalue weighted by atomic mass is 10.3. The molecule has 0 aromatic carbocycles. The van der Waals surface area contributed by atoms with Gasteiger partial charge in [-0.2, -0.15) is 5.10 Å². The summed E-state index contributed by atoms with van der Waals surface area (Å²) in [6.07, 6.45) is 5.34. The number of rotatable bonds is 1. The molecule has 16 heavy (non-hydrogen) atoms. The Morgan fingerprint density at radius 1 is 1.06 bits per heavy atom. The lowest BCUT2D eigenvalue weighted by molar-refractivity contribution is 0.873. The number of hydrogen-bond acceptors (Lipinski definition) is 3. The zero-order valence-electron chi connectivity index (χ0n) is 8.83. The Hall–Kier alpha value is -2.23. The number of pyridine rings is 2. The van der Waals surface area contributed by atoms with E-state index in [4.69, 9.17) is 0 Å². The zero-order valence-corrected chi connectivity index (χ0v) is 8.83. The van der Waals surface area contributed by atoms with E-state index in [0.29, 0.717) is 0 Å². The molecule has 0 aliphatic rings. The Balaban J connectivity index is 2.22. The minimum atomic E-state index is 0.814. The molecule has 0 radical (unpaired) electrons. The fraction of sp³-hybridized carbons (Fsp3) is 0.0833. The average molecular weight is 210 g/mol. The topological polar surface area (TPSA) is 43.6 Å². The smallest absolute Gasteiger partial charge is 0.154 e. The van der Waals surface area contributed by atoms with Crippen molar-refractivity contribution >= 4 is 11.0 Å². The van der Waals surface area contributed by atoms with Crippen LogP contribution in [0.4, 0.5) is 0 Å². The predicted molar refractivity (Wildman–Crippen MR) is 61.4 cm³/mol. The van der Waals surface area contributed by atoms with Gasteiger partial charge >= 0.3 is 0 Å². The Morgan fingerprint density at radius 3 is 2.81 bits per heavy atom. The summed E-state index contributed by atoms with van der Waals surface area (Å²) in [5.41, 5.74) is 2.99. The number of hydrogen-bond donors (Lipinski definition) is 0. The molecule has 0 fully saturated rings. The van der Waals surface area contributed by atoms with Gasteiger partial charge in [0.05, 0.1) is 11.7 Å². The van der Waals surface area contributed by atoms with Gasteiger partial charge in [0.2, 0.25) is 0 Å². The van der Waals surface area contributed by atoms with Crippen molar-refractivity contribution in [2.45, 2.75) is 6.92 Å². The largest absolute Gasteiger partial charge is 0.253 e. The van der Waals surface area contributed by atoms with Crippen molar-refractivity contribution in [1.82, 2.24) is 19.7 Å². The number of aromatic nitrogens is 4. The van der Waals surface area contributed by atoms with E-state index in [-0.39, 0.29) is 0 Å². The van der Waals surface area contributed by atoms with E-state index < -0.39 is 0 Å². The Kier molecular flexibility index (Phi) is 1.93. The number of fused-ring (bicyclic) bond motifs is 1. The van der Waals surface area contributed by atoms with Gasteiger partial charge < -0.3 is 0 Å². The second-order valence-electron chi connectivity index (χ2n) is 3.66. The van der Waals surface area contributed by atoms with Gasteiger partial charge in [0.15, 0.2) is 5.82 Å². The minimum absolute atomic E-state index is 0.814. The van der Waals surface area contributed by atoms with E-state index in [1.807, 2.05) is 37.4 Å². The quantitative estimate of drug-likeness (QED) is 0.618. The molecular formula is C12H10N4. The van der Waals surface area contributed by atoms with Crippen LogP contribution in [-0.2, 0) is 0 Å². The van der Waals surface area contributed by atoms with Crippen LogP contribution in [0.2, 0.25) is 0 Å². The summed E-state index contributed by atoms with van der Waals surface area (Å²) in [6, 6.07) is 7.85. The van der Waals surface area contributed by atoms with Crippen molar-refractivity contribution in [3.05, 3.63) is 48.4 Å². The molecule has 3 aromatic heterocycles. The summed E-state index contributed by atoms with van der Waals surface area (Å²) in [6.45, 7) is 2.01. The van der Waals surface area contributed by atoms with Crippen LogP contribution in [0, 0.1) is 6.92 Å². The van der Waals surface area contributed by atoms with Crippen molar-refractivity contribution < 1.29 is 0 Å². The van der Waals surface area contributed by atoms with Crippen LogP contribution in [0.5, 0.6) is 0 Å². The highest BCUT2D eigenvalue weighted by Crippen LogP contribution is 2.14. The first-order valence-electron chi connectivity index (χ1n) is 5.06.